The molecule has 2 unspecified atom stereocenters. The normalized spacial score (nSPS) is 22.0. The lowest BCUT2D eigenvalue weighted by Gasteiger charge is -2.51. The van der Waals surface area contributed by atoms with Gasteiger partial charge in [0.25, 0.3) is 11.5 Å². The molecule has 41 heavy (non-hydrogen) atoms. The van der Waals surface area contributed by atoms with E-state index in [0.29, 0.717) is 36.6 Å². The van der Waals surface area contributed by atoms with E-state index in [1.807, 2.05) is 69.9 Å². The molecule has 1 aromatic carbocycles. The van der Waals surface area contributed by atoms with Crippen molar-refractivity contribution >= 4 is 11.8 Å². The molecule has 2 amide bonds. The summed E-state index contributed by atoms with van der Waals surface area (Å²) in [4.78, 5) is 44.0. The summed E-state index contributed by atoms with van der Waals surface area (Å²) in [5.41, 5.74) is -0.330. The Morgan fingerprint density at radius 2 is 1.73 bits per heavy atom. The van der Waals surface area contributed by atoms with Gasteiger partial charge < -0.3 is 19.5 Å². The van der Waals surface area contributed by atoms with Gasteiger partial charge in [0.1, 0.15) is 0 Å². The van der Waals surface area contributed by atoms with Gasteiger partial charge >= 0.3 is 0 Å². The van der Waals surface area contributed by atoms with Crippen LogP contribution < -0.4 is 5.56 Å². The highest BCUT2D eigenvalue weighted by Gasteiger charge is 2.49. The molecule has 7 nitrogen and oxygen atoms in total. The zero-order valence-corrected chi connectivity index (χ0v) is 25.9. The molecular weight excluding hydrogens is 514 g/mol. The van der Waals surface area contributed by atoms with E-state index in [0.717, 1.165) is 12.0 Å². The molecule has 1 N–H and O–H groups in total. The Bertz CT molecular complexity index is 1280. The van der Waals surface area contributed by atoms with Gasteiger partial charge in [-0.2, -0.15) is 0 Å². The highest BCUT2D eigenvalue weighted by molar-refractivity contribution is 6.00. The second-order valence-electron chi connectivity index (χ2n) is 13.5. The maximum absolute atomic E-state index is 13.6. The highest BCUT2D eigenvalue weighted by Crippen LogP contribution is 2.41. The molecule has 1 aromatic heterocycles. The lowest BCUT2D eigenvalue weighted by Crippen LogP contribution is -2.61. The quantitative estimate of drug-likeness (QED) is 0.454. The second-order valence-corrected chi connectivity index (χ2v) is 13.5. The molecule has 1 aliphatic heterocycles. The maximum atomic E-state index is 13.6. The summed E-state index contributed by atoms with van der Waals surface area (Å²) in [7, 11) is 1.76. The number of hydrogen-bond donors (Lipinski definition) is 1. The first-order chi connectivity index (χ1) is 19.3. The topological polar surface area (TPSA) is 82.8 Å². The van der Waals surface area contributed by atoms with E-state index in [4.69, 9.17) is 0 Å². The Morgan fingerprint density at radius 3 is 2.34 bits per heavy atom. The molecule has 2 aromatic rings. The summed E-state index contributed by atoms with van der Waals surface area (Å²) in [6.45, 7) is 10.8. The smallest absolute Gasteiger partial charge is 0.255 e. The fraction of sp³-hybridized carbons (Fsp3) is 0.618. The summed E-state index contributed by atoms with van der Waals surface area (Å²) in [5.74, 6) is 0.598. The predicted molar refractivity (Wildman–Crippen MR) is 164 cm³/mol. The summed E-state index contributed by atoms with van der Waals surface area (Å²) in [6, 6.07) is 11.0. The average Bonchev–Trinajstić information content (AvgIpc) is 2.95. The first-order valence-electron chi connectivity index (χ1n) is 15.4. The average molecular weight is 564 g/mol. The SMILES string of the molecule is CC(CC1CCCCC1)C(=O)N1CCC(O)(Cn2cc(C(=O)N(C)C(C)C)c(-c3ccccc3)cc2=O)C(C)(C)C1. The first kappa shape index (κ1) is 31.0. The second kappa shape index (κ2) is 12.5. The van der Waals surface area contributed by atoms with Crippen LogP contribution in [0.15, 0.2) is 47.4 Å². The molecule has 1 aliphatic carbocycles. The minimum Gasteiger partial charge on any atom is -0.387 e. The molecule has 7 heteroatoms. The molecule has 1 saturated heterocycles. The Labute approximate surface area is 245 Å². The number of benzene rings is 1. The van der Waals surface area contributed by atoms with Crippen LogP contribution in [-0.2, 0) is 11.3 Å². The van der Waals surface area contributed by atoms with Gasteiger partial charge in [-0.05, 0) is 38.2 Å². The number of amides is 2. The standard InChI is InChI=1S/C34H49N3O4/c1-24(2)35(6)32(40)29-21-37(30(38)20-28(29)27-15-11-8-12-16-27)23-34(41)17-18-36(22-33(34,4)5)31(39)25(3)19-26-13-9-7-10-14-26/h8,11-12,15-16,20-21,24-26,41H,7,9-10,13-14,17-19,22-23H2,1-6H3. The van der Waals surface area contributed by atoms with Gasteiger partial charge in [0.15, 0.2) is 0 Å². The van der Waals surface area contributed by atoms with E-state index >= 15 is 0 Å². The van der Waals surface area contributed by atoms with Crippen molar-refractivity contribution < 1.29 is 14.7 Å². The van der Waals surface area contributed by atoms with E-state index in [1.54, 1.807) is 18.1 Å². The lowest BCUT2D eigenvalue weighted by molar-refractivity contribution is -0.157. The van der Waals surface area contributed by atoms with Gasteiger partial charge in [0.05, 0.1) is 17.7 Å². The summed E-state index contributed by atoms with van der Waals surface area (Å²) in [5, 5.41) is 12.0. The van der Waals surface area contributed by atoms with Crippen molar-refractivity contribution in [1.29, 1.82) is 0 Å². The summed E-state index contributed by atoms with van der Waals surface area (Å²) in [6.07, 6.45) is 9.19. The van der Waals surface area contributed by atoms with Crippen LogP contribution in [0.5, 0.6) is 0 Å². The van der Waals surface area contributed by atoms with Gasteiger partial charge in [0.2, 0.25) is 5.91 Å². The number of aromatic nitrogens is 1. The van der Waals surface area contributed by atoms with Crippen LogP contribution in [0.3, 0.4) is 0 Å². The molecule has 0 bridgehead atoms. The third-order valence-corrected chi connectivity index (χ3v) is 9.75. The Hall–Kier alpha value is -2.93. The number of rotatable bonds is 8. The number of likely N-dealkylation sites (tertiary alicyclic amines) is 1. The largest absolute Gasteiger partial charge is 0.387 e. The van der Waals surface area contributed by atoms with Crippen LogP contribution in [0, 0.1) is 17.3 Å². The van der Waals surface area contributed by atoms with Crippen LogP contribution in [0.2, 0.25) is 0 Å². The molecule has 2 atom stereocenters. The van der Waals surface area contributed by atoms with Crippen LogP contribution in [0.25, 0.3) is 11.1 Å². The molecule has 224 valence electrons. The summed E-state index contributed by atoms with van der Waals surface area (Å²) >= 11 is 0. The number of piperidine rings is 1. The van der Waals surface area contributed by atoms with Gasteiger partial charge in [-0.3, -0.25) is 14.4 Å². The third kappa shape index (κ3) is 6.77. The Kier molecular flexibility index (Phi) is 9.47. The third-order valence-electron chi connectivity index (χ3n) is 9.75. The van der Waals surface area contributed by atoms with Crippen molar-refractivity contribution in [2.45, 2.75) is 97.8 Å². The van der Waals surface area contributed by atoms with Crippen molar-refractivity contribution in [2.75, 3.05) is 20.1 Å². The van der Waals surface area contributed by atoms with Crippen LogP contribution in [-0.4, -0.2) is 63.1 Å². The Balaban J connectivity index is 1.57. The first-order valence-corrected chi connectivity index (χ1v) is 15.4. The van der Waals surface area contributed by atoms with E-state index < -0.39 is 11.0 Å². The van der Waals surface area contributed by atoms with Gasteiger partial charge in [0, 0.05) is 55.3 Å². The van der Waals surface area contributed by atoms with Crippen molar-refractivity contribution in [3.63, 3.8) is 0 Å². The van der Waals surface area contributed by atoms with Crippen LogP contribution in [0.1, 0.15) is 89.9 Å². The fourth-order valence-electron chi connectivity index (χ4n) is 6.61. The van der Waals surface area contributed by atoms with Gasteiger partial charge in [-0.15, -0.1) is 0 Å². The number of aliphatic hydroxyl groups is 1. The van der Waals surface area contributed by atoms with Crippen molar-refractivity contribution in [2.24, 2.45) is 17.3 Å². The predicted octanol–water partition coefficient (Wildman–Crippen LogP) is 5.59. The molecule has 2 fully saturated rings. The van der Waals surface area contributed by atoms with E-state index in [2.05, 4.69) is 0 Å². The highest BCUT2D eigenvalue weighted by atomic mass is 16.3. The maximum Gasteiger partial charge on any atom is 0.255 e. The zero-order chi connectivity index (χ0) is 29.9. The number of nitrogens with zero attached hydrogens (tertiary/aromatic N) is 3. The van der Waals surface area contributed by atoms with Crippen molar-refractivity contribution in [3.8, 4) is 11.1 Å². The minimum absolute atomic E-state index is 0.0167. The van der Waals surface area contributed by atoms with Crippen molar-refractivity contribution in [3.05, 3.63) is 58.5 Å². The molecular formula is C34H49N3O4. The molecule has 1 saturated carbocycles. The van der Waals surface area contributed by atoms with Crippen molar-refractivity contribution in [1.82, 2.24) is 14.4 Å². The molecule has 2 heterocycles. The number of hydrogen-bond acceptors (Lipinski definition) is 4. The van der Waals surface area contributed by atoms with Crippen LogP contribution in [0.4, 0.5) is 0 Å². The number of pyridine rings is 1. The van der Waals surface area contributed by atoms with E-state index in [1.165, 1.54) is 42.7 Å². The van der Waals surface area contributed by atoms with E-state index in [9.17, 15) is 19.5 Å². The van der Waals surface area contributed by atoms with Gasteiger partial charge in [-0.1, -0.05) is 83.2 Å². The van der Waals surface area contributed by atoms with E-state index in [-0.39, 0.29) is 35.9 Å². The fourth-order valence-corrected chi connectivity index (χ4v) is 6.61. The lowest BCUT2D eigenvalue weighted by atomic mass is 9.69. The molecule has 4 rings (SSSR count). The summed E-state index contributed by atoms with van der Waals surface area (Å²) < 4.78 is 1.48. The Morgan fingerprint density at radius 1 is 1.07 bits per heavy atom. The van der Waals surface area contributed by atoms with Gasteiger partial charge in [-0.25, -0.2) is 0 Å². The molecule has 0 spiro atoms. The monoisotopic (exact) mass is 563 g/mol. The number of carbonyl (C=O) groups is 2. The zero-order valence-electron chi connectivity index (χ0n) is 25.9. The molecule has 0 radical (unpaired) electrons. The van der Waals surface area contributed by atoms with Crippen LogP contribution >= 0.6 is 0 Å². The minimum atomic E-state index is -1.22. The molecule has 2 aliphatic rings. The number of carbonyl (C=O) groups excluding carboxylic acids is 2.